The van der Waals surface area contributed by atoms with Gasteiger partial charge in [0.1, 0.15) is 11.4 Å². The monoisotopic (exact) mass is 355 g/mol. The lowest BCUT2D eigenvalue weighted by molar-refractivity contribution is -0.123. The Kier molecular flexibility index (Phi) is 3.20. The number of urea groups is 1. The fourth-order valence-corrected chi connectivity index (χ4v) is 2.86. The van der Waals surface area contributed by atoms with Crippen molar-refractivity contribution in [3.63, 3.8) is 0 Å². The summed E-state index contributed by atoms with van der Waals surface area (Å²) in [6.07, 6.45) is 0.343. The molecule has 1 atom stereocenters. The molecule has 1 aromatic rings. The van der Waals surface area contributed by atoms with Crippen molar-refractivity contribution in [2.24, 2.45) is 0 Å². The fourth-order valence-electron chi connectivity index (χ4n) is 2.61. The van der Waals surface area contributed by atoms with Crippen LogP contribution >= 0.6 is 15.9 Å². The first-order valence-corrected chi connectivity index (χ1v) is 7.08. The van der Waals surface area contributed by atoms with E-state index in [4.69, 9.17) is 0 Å². The average molecular weight is 356 g/mol. The Morgan fingerprint density at radius 2 is 2.14 bits per heavy atom. The molecule has 2 saturated heterocycles. The summed E-state index contributed by atoms with van der Waals surface area (Å²) in [5.74, 6) is -1.32. The van der Waals surface area contributed by atoms with E-state index in [1.54, 1.807) is 0 Å². The molecule has 3 rings (SSSR count). The van der Waals surface area contributed by atoms with Crippen LogP contribution in [0.5, 0.6) is 0 Å². The largest absolute Gasteiger partial charge is 0.336 e. The molecule has 2 aliphatic rings. The first-order chi connectivity index (χ1) is 9.91. The number of nitrogens with one attached hydrogen (secondary N) is 2. The first-order valence-electron chi connectivity index (χ1n) is 6.29. The van der Waals surface area contributed by atoms with E-state index in [2.05, 4.69) is 26.6 Å². The maximum absolute atomic E-state index is 13.5. The van der Waals surface area contributed by atoms with Crippen LogP contribution in [0.15, 0.2) is 22.7 Å². The zero-order valence-electron chi connectivity index (χ0n) is 10.8. The summed E-state index contributed by atoms with van der Waals surface area (Å²) in [6, 6.07) is 3.56. The van der Waals surface area contributed by atoms with E-state index >= 15 is 0 Å². The van der Waals surface area contributed by atoms with Gasteiger partial charge in [0.25, 0.3) is 11.8 Å². The molecule has 1 aromatic carbocycles. The van der Waals surface area contributed by atoms with Crippen LogP contribution in [0, 0.1) is 5.82 Å². The van der Waals surface area contributed by atoms with Gasteiger partial charge in [0.05, 0.1) is 11.0 Å². The summed E-state index contributed by atoms with van der Waals surface area (Å²) in [4.78, 5) is 36.8. The average Bonchev–Trinajstić information content (AvgIpc) is 2.97. The number of hydrogen-bond donors (Lipinski definition) is 2. The van der Waals surface area contributed by atoms with Crippen molar-refractivity contribution in [3.8, 4) is 0 Å². The van der Waals surface area contributed by atoms with Crippen LogP contribution in [0.1, 0.15) is 16.8 Å². The summed E-state index contributed by atoms with van der Waals surface area (Å²) >= 11 is 3.02. The number of imide groups is 1. The molecule has 0 saturated carbocycles. The van der Waals surface area contributed by atoms with Crippen molar-refractivity contribution in [1.29, 1.82) is 0 Å². The molecule has 0 aromatic heterocycles. The number of rotatable bonds is 1. The molecule has 110 valence electrons. The zero-order valence-corrected chi connectivity index (χ0v) is 12.4. The quantitative estimate of drug-likeness (QED) is 0.738. The second-order valence-electron chi connectivity index (χ2n) is 5.10. The van der Waals surface area contributed by atoms with E-state index in [9.17, 15) is 18.8 Å². The molecule has 0 aliphatic carbocycles. The van der Waals surface area contributed by atoms with Gasteiger partial charge in [-0.05, 0) is 40.5 Å². The molecule has 6 nitrogen and oxygen atoms in total. The number of carbonyl (C=O) groups is 3. The minimum atomic E-state index is -1.05. The van der Waals surface area contributed by atoms with Gasteiger partial charge in [-0.25, -0.2) is 9.18 Å². The molecule has 2 N–H and O–H groups in total. The number of likely N-dealkylation sites (tertiary alicyclic amines) is 1. The molecule has 0 radical (unpaired) electrons. The summed E-state index contributed by atoms with van der Waals surface area (Å²) < 4.78 is 13.8. The molecule has 0 bridgehead atoms. The highest BCUT2D eigenvalue weighted by molar-refractivity contribution is 9.10. The normalized spacial score (nSPS) is 24.4. The Bertz CT molecular complexity index is 666. The summed E-state index contributed by atoms with van der Waals surface area (Å²) in [5.41, 5.74) is -0.849. The lowest BCUT2D eigenvalue weighted by Gasteiger charge is -2.21. The Labute approximate surface area is 127 Å². The van der Waals surface area contributed by atoms with Crippen LogP contribution < -0.4 is 10.6 Å². The van der Waals surface area contributed by atoms with E-state index in [0.717, 1.165) is 6.07 Å². The number of halogens is 2. The molecule has 1 unspecified atom stereocenters. The molecule has 8 heteroatoms. The van der Waals surface area contributed by atoms with Crippen molar-refractivity contribution in [3.05, 3.63) is 34.1 Å². The first kappa shape index (κ1) is 14.0. The molecule has 2 fully saturated rings. The maximum atomic E-state index is 13.5. The standard InChI is InChI=1S/C13H11BrFN3O3/c14-8-2-1-7(5-9(8)15)10(19)18-4-3-13(6-18)11(20)16-12(21)17-13/h1-2,5H,3-4,6H2,(H2,16,17,20,21). The Balaban J connectivity index is 1.80. The van der Waals surface area contributed by atoms with E-state index in [0.29, 0.717) is 13.0 Å². The lowest BCUT2D eigenvalue weighted by Crippen LogP contribution is -2.49. The third-order valence-corrected chi connectivity index (χ3v) is 4.38. The van der Waals surface area contributed by atoms with E-state index in [1.807, 2.05) is 0 Å². The van der Waals surface area contributed by atoms with Gasteiger partial charge < -0.3 is 10.2 Å². The van der Waals surface area contributed by atoms with E-state index < -0.39 is 23.3 Å². The van der Waals surface area contributed by atoms with Gasteiger partial charge in [-0.2, -0.15) is 0 Å². The molecular formula is C13H11BrFN3O3. The topological polar surface area (TPSA) is 78.5 Å². The van der Waals surface area contributed by atoms with Crippen LogP contribution in [0.25, 0.3) is 0 Å². The van der Waals surface area contributed by atoms with Gasteiger partial charge in [-0.1, -0.05) is 0 Å². The highest BCUT2D eigenvalue weighted by atomic mass is 79.9. The van der Waals surface area contributed by atoms with Crippen LogP contribution in [0.3, 0.4) is 0 Å². The van der Waals surface area contributed by atoms with Gasteiger partial charge in [-0.15, -0.1) is 0 Å². The van der Waals surface area contributed by atoms with Crippen LogP contribution in [-0.4, -0.2) is 41.4 Å². The van der Waals surface area contributed by atoms with Gasteiger partial charge in [0.15, 0.2) is 0 Å². The molecule has 2 aliphatic heterocycles. The summed E-state index contributed by atoms with van der Waals surface area (Å²) in [6.45, 7) is 0.408. The Morgan fingerprint density at radius 1 is 1.38 bits per heavy atom. The van der Waals surface area contributed by atoms with Gasteiger partial charge in [0.2, 0.25) is 0 Å². The number of amides is 4. The van der Waals surface area contributed by atoms with Gasteiger partial charge in [0, 0.05) is 12.1 Å². The predicted molar refractivity (Wildman–Crippen MR) is 74.0 cm³/mol. The van der Waals surface area contributed by atoms with E-state index in [-0.39, 0.29) is 22.5 Å². The third-order valence-electron chi connectivity index (χ3n) is 3.74. The second-order valence-corrected chi connectivity index (χ2v) is 5.95. The number of hydrogen-bond acceptors (Lipinski definition) is 3. The van der Waals surface area contributed by atoms with Gasteiger partial charge >= 0.3 is 6.03 Å². The van der Waals surface area contributed by atoms with Crippen LogP contribution in [-0.2, 0) is 4.79 Å². The van der Waals surface area contributed by atoms with E-state index in [1.165, 1.54) is 17.0 Å². The highest BCUT2D eigenvalue weighted by Crippen LogP contribution is 2.26. The Morgan fingerprint density at radius 3 is 2.76 bits per heavy atom. The second kappa shape index (κ2) is 4.80. The Hall–Kier alpha value is -1.96. The van der Waals surface area contributed by atoms with Crippen LogP contribution in [0.2, 0.25) is 0 Å². The molecule has 4 amide bonds. The SMILES string of the molecule is O=C1NC(=O)C2(CCN(C(=O)c3ccc(Br)c(F)c3)C2)N1. The molecular weight excluding hydrogens is 345 g/mol. The number of nitrogens with zero attached hydrogens (tertiary/aromatic N) is 1. The zero-order chi connectivity index (χ0) is 15.2. The predicted octanol–water partition coefficient (Wildman–Crippen LogP) is 1.01. The smallest absolute Gasteiger partial charge is 0.322 e. The van der Waals surface area contributed by atoms with Crippen molar-refractivity contribution in [2.45, 2.75) is 12.0 Å². The maximum Gasteiger partial charge on any atom is 0.322 e. The molecule has 21 heavy (non-hydrogen) atoms. The minimum absolute atomic E-state index is 0.0844. The summed E-state index contributed by atoms with van der Waals surface area (Å²) in [5, 5.41) is 4.73. The molecule has 2 heterocycles. The van der Waals surface area contributed by atoms with Crippen molar-refractivity contribution < 1.29 is 18.8 Å². The fraction of sp³-hybridized carbons (Fsp3) is 0.308. The van der Waals surface area contributed by atoms with Crippen LogP contribution in [0.4, 0.5) is 9.18 Å². The van der Waals surface area contributed by atoms with Crippen molar-refractivity contribution in [2.75, 3.05) is 13.1 Å². The van der Waals surface area contributed by atoms with Gasteiger partial charge in [-0.3, -0.25) is 14.9 Å². The minimum Gasteiger partial charge on any atom is -0.336 e. The number of benzene rings is 1. The van der Waals surface area contributed by atoms with Crippen molar-refractivity contribution in [1.82, 2.24) is 15.5 Å². The summed E-state index contributed by atoms with van der Waals surface area (Å²) in [7, 11) is 0. The third kappa shape index (κ3) is 2.29. The lowest BCUT2D eigenvalue weighted by atomic mass is 9.99. The van der Waals surface area contributed by atoms with Crippen molar-refractivity contribution >= 4 is 33.8 Å². The molecule has 1 spiro atoms. The number of carbonyl (C=O) groups excluding carboxylic acids is 3. The highest BCUT2D eigenvalue weighted by Gasteiger charge is 2.51.